The van der Waals surface area contributed by atoms with Crippen LogP contribution in [0.2, 0.25) is 0 Å². The molecule has 1 saturated carbocycles. The molecular formula is C13H16O. The molecule has 2 rings (SSSR count). The molecular weight excluding hydrogens is 172 g/mol. The third-order valence-corrected chi connectivity index (χ3v) is 3.32. The normalized spacial score (nSPS) is 32.1. The molecule has 1 aliphatic rings. The lowest BCUT2D eigenvalue weighted by atomic mass is 9.80. The average Bonchev–Trinajstić information content (AvgIpc) is 2.43. The molecule has 0 heterocycles. The number of carbonyl (C=O) groups is 1. The monoisotopic (exact) mass is 188 g/mol. The van der Waals surface area contributed by atoms with Crippen molar-refractivity contribution in [2.45, 2.75) is 32.1 Å². The van der Waals surface area contributed by atoms with Crippen molar-refractivity contribution < 1.29 is 4.79 Å². The summed E-state index contributed by atoms with van der Waals surface area (Å²) in [5.74, 6) is 0.934. The first-order valence-electron chi connectivity index (χ1n) is 5.22. The van der Waals surface area contributed by atoms with E-state index in [0.717, 1.165) is 12.8 Å². The zero-order valence-electron chi connectivity index (χ0n) is 8.79. The van der Waals surface area contributed by atoms with Crippen molar-refractivity contribution >= 4 is 5.78 Å². The van der Waals surface area contributed by atoms with Crippen molar-refractivity contribution in [2.24, 2.45) is 5.92 Å². The highest BCUT2D eigenvalue weighted by Crippen LogP contribution is 2.40. The molecule has 0 unspecified atom stereocenters. The summed E-state index contributed by atoms with van der Waals surface area (Å²) in [5.41, 5.74) is 0.954. The van der Waals surface area contributed by atoms with Crippen LogP contribution in [0.15, 0.2) is 30.3 Å². The van der Waals surface area contributed by atoms with Gasteiger partial charge in [0.05, 0.1) is 5.41 Å². The molecule has 0 amide bonds. The minimum Gasteiger partial charge on any atom is -0.299 e. The molecule has 0 spiro atoms. The predicted molar refractivity (Wildman–Crippen MR) is 57.2 cm³/mol. The molecule has 1 aromatic carbocycles. The van der Waals surface area contributed by atoms with Gasteiger partial charge in [-0.15, -0.1) is 0 Å². The second-order valence-electron chi connectivity index (χ2n) is 4.63. The number of hydrogen-bond donors (Lipinski definition) is 0. The minimum absolute atomic E-state index is 0.222. The van der Waals surface area contributed by atoms with Gasteiger partial charge in [-0.1, -0.05) is 37.3 Å². The van der Waals surface area contributed by atoms with Crippen LogP contribution in [0.4, 0.5) is 0 Å². The molecule has 74 valence electrons. The summed E-state index contributed by atoms with van der Waals surface area (Å²) < 4.78 is 0. The van der Waals surface area contributed by atoms with Crippen molar-refractivity contribution in [1.82, 2.24) is 0 Å². The standard InChI is InChI=1S/C13H16O/c1-10-8-12(14)13(2,9-10)11-6-4-3-5-7-11/h3-7,10H,8-9H2,1-2H3/t10-,13+/m1/s1. The lowest BCUT2D eigenvalue weighted by Gasteiger charge is -2.22. The Labute approximate surface area is 85.1 Å². The Hall–Kier alpha value is -1.11. The Morgan fingerprint density at radius 3 is 2.43 bits per heavy atom. The van der Waals surface area contributed by atoms with Gasteiger partial charge in [-0.25, -0.2) is 0 Å². The lowest BCUT2D eigenvalue weighted by molar-refractivity contribution is -0.121. The third kappa shape index (κ3) is 1.37. The maximum atomic E-state index is 11.9. The lowest BCUT2D eigenvalue weighted by Crippen LogP contribution is -2.26. The number of hydrogen-bond acceptors (Lipinski definition) is 1. The smallest absolute Gasteiger partial charge is 0.143 e. The van der Waals surface area contributed by atoms with Gasteiger partial charge < -0.3 is 0 Å². The fourth-order valence-electron chi connectivity index (χ4n) is 2.51. The summed E-state index contributed by atoms with van der Waals surface area (Å²) in [6.45, 7) is 4.24. The molecule has 1 heteroatoms. The summed E-state index contributed by atoms with van der Waals surface area (Å²) in [6.07, 6.45) is 1.74. The van der Waals surface area contributed by atoms with E-state index in [1.54, 1.807) is 0 Å². The van der Waals surface area contributed by atoms with Gasteiger partial charge in [0.15, 0.2) is 0 Å². The topological polar surface area (TPSA) is 17.1 Å². The van der Waals surface area contributed by atoms with Crippen molar-refractivity contribution in [3.63, 3.8) is 0 Å². The Bertz CT molecular complexity index is 342. The summed E-state index contributed by atoms with van der Waals surface area (Å²) in [6, 6.07) is 10.1. The van der Waals surface area contributed by atoms with Gasteiger partial charge in [-0.3, -0.25) is 4.79 Å². The van der Waals surface area contributed by atoms with Crippen molar-refractivity contribution in [3.05, 3.63) is 35.9 Å². The Balaban J connectivity index is 2.38. The second-order valence-corrected chi connectivity index (χ2v) is 4.63. The molecule has 0 radical (unpaired) electrons. The van der Waals surface area contributed by atoms with E-state index in [4.69, 9.17) is 0 Å². The molecule has 1 aromatic rings. The van der Waals surface area contributed by atoms with Gasteiger partial charge in [0.2, 0.25) is 0 Å². The van der Waals surface area contributed by atoms with Crippen LogP contribution in [0.1, 0.15) is 32.3 Å². The number of Topliss-reactive ketones (excluding diaryl/α,β-unsaturated/α-hetero) is 1. The SMILES string of the molecule is C[C@@H]1CC(=O)[C@](C)(c2ccccc2)C1. The van der Waals surface area contributed by atoms with Crippen LogP contribution in [-0.2, 0) is 10.2 Å². The maximum absolute atomic E-state index is 11.9. The van der Waals surface area contributed by atoms with E-state index in [2.05, 4.69) is 26.0 Å². The molecule has 14 heavy (non-hydrogen) atoms. The van der Waals surface area contributed by atoms with Crippen LogP contribution in [0.3, 0.4) is 0 Å². The van der Waals surface area contributed by atoms with Crippen molar-refractivity contribution in [3.8, 4) is 0 Å². The van der Waals surface area contributed by atoms with Crippen LogP contribution >= 0.6 is 0 Å². The Kier molecular flexibility index (Phi) is 2.18. The number of carbonyl (C=O) groups excluding carboxylic acids is 1. The van der Waals surface area contributed by atoms with Gasteiger partial charge >= 0.3 is 0 Å². The van der Waals surface area contributed by atoms with E-state index in [1.807, 2.05) is 18.2 Å². The van der Waals surface area contributed by atoms with E-state index in [9.17, 15) is 4.79 Å². The van der Waals surface area contributed by atoms with Gasteiger partial charge in [0.1, 0.15) is 5.78 Å². The van der Waals surface area contributed by atoms with E-state index in [1.165, 1.54) is 5.56 Å². The fraction of sp³-hybridized carbons (Fsp3) is 0.462. The molecule has 1 fully saturated rings. The van der Waals surface area contributed by atoms with E-state index in [0.29, 0.717) is 11.7 Å². The number of rotatable bonds is 1. The molecule has 2 atom stereocenters. The first-order valence-corrected chi connectivity index (χ1v) is 5.22. The van der Waals surface area contributed by atoms with Crippen molar-refractivity contribution in [1.29, 1.82) is 0 Å². The second kappa shape index (κ2) is 3.23. The molecule has 0 bridgehead atoms. The third-order valence-electron chi connectivity index (χ3n) is 3.32. The summed E-state index contributed by atoms with van der Waals surface area (Å²) >= 11 is 0. The molecule has 0 aliphatic heterocycles. The van der Waals surface area contributed by atoms with Gasteiger partial charge in [-0.05, 0) is 24.8 Å². The summed E-state index contributed by atoms with van der Waals surface area (Å²) in [5, 5.41) is 0. The molecule has 0 saturated heterocycles. The molecule has 1 aliphatic carbocycles. The first-order chi connectivity index (χ1) is 6.63. The highest BCUT2D eigenvalue weighted by Gasteiger charge is 2.42. The van der Waals surface area contributed by atoms with Crippen molar-refractivity contribution in [2.75, 3.05) is 0 Å². The zero-order chi connectivity index (χ0) is 10.2. The zero-order valence-corrected chi connectivity index (χ0v) is 8.79. The minimum atomic E-state index is -0.222. The Morgan fingerprint density at radius 2 is 1.93 bits per heavy atom. The van der Waals surface area contributed by atoms with E-state index >= 15 is 0 Å². The fourth-order valence-corrected chi connectivity index (χ4v) is 2.51. The largest absolute Gasteiger partial charge is 0.299 e. The highest BCUT2D eigenvalue weighted by atomic mass is 16.1. The quantitative estimate of drug-likeness (QED) is 0.662. The van der Waals surface area contributed by atoms with Gasteiger partial charge in [0.25, 0.3) is 0 Å². The van der Waals surface area contributed by atoms with Crippen LogP contribution in [0.5, 0.6) is 0 Å². The Morgan fingerprint density at radius 1 is 1.29 bits per heavy atom. The van der Waals surface area contributed by atoms with Crippen LogP contribution in [0, 0.1) is 5.92 Å². The molecule has 0 N–H and O–H groups in total. The molecule has 1 nitrogen and oxygen atoms in total. The number of benzene rings is 1. The maximum Gasteiger partial charge on any atom is 0.143 e. The van der Waals surface area contributed by atoms with Gasteiger partial charge in [-0.2, -0.15) is 0 Å². The first kappa shape index (κ1) is 9.45. The van der Waals surface area contributed by atoms with E-state index in [-0.39, 0.29) is 5.41 Å². The highest BCUT2D eigenvalue weighted by molar-refractivity contribution is 5.91. The number of ketones is 1. The van der Waals surface area contributed by atoms with Gasteiger partial charge in [0, 0.05) is 6.42 Å². The molecule has 0 aromatic heterocycles. The van der Waals surface area contributed by atoms with Crippen LogP contribution in [0.25, 0.3) is 0 Å². The van der Waals surface area contributed by atoms with E-state index < -0.39 is 0 Å². The predicted octanol–water partition coefficient (Wildman–Crippen LogP) is 2.94. The average molecular weight is 188 g/mol. The van der Waals surface area contributed by atoms with Crippen LogP contribution < -0.4 is 0 Å². The van der Waals surface area contributed by atoms with Crippen LogP contribution in [-0.4, -0.2) is 5.78 Å². The summed E-state index contributed by atoms with van der Waals surface area (Å²) in [7, 11) is 0. The summed E-state index contributed by atoms with van der Waals surface area (Å²) in [4.78, 5) is 11.9.